The van der Waals surface area contributed by atoms with Gasteiger partial charge in [0.1, 0.15) is 0 Å². The van der Waals surface area contributed by atoms with E-state index in [9.17, 15) is 4.79 Å². The van der Waals surface area contributed by atoms with Gasteiger partial charge >= 0.3 is 0 Å². The van der Waals surface area contributed by atoms with Gasteiger partial charge in [0.05, 0.1) is 16.1 Å². The Bertz CT molecular complexity index is 674. The van der Waals surface area contributed by atoms with E-state index in [-0.39, 0.29) is 11.8 Å². The van der Waals surface area contributed by atoms with Crippen LogP contribution in [0.25, 0.3) is 10.2 Å². The molecular weight excluding hydrogens is 294 g/mol. The fourth-order valence-electron chi connectivity index (χ4n) is 2.58. The average Bonchev–Trinajstić information content (AvgIpc) is 2.78. The van der Waals surface area contributed by atoms with Crippen molar-refractivity contribution in [1.29, 1.82) is 0 Å². The summed E-state index contributed by atoms with van der Waals surface area (Å²) in [5.41, 5.74) is 2.31. The lowest BCUT2D eigenvalue weighted by atomic mass is 10.00. The second-order valence-electron chi connectivity index (χ2n) is 6.54. The molecule has 0 bridgehead atoms. The van der Waals surface area contributed by atoms with Crippen molar-refractivity contribution >= 4 is 32.6 Å². The number of carbonyl (C=O) groups is 1. The summed E-state index contributed by atoms with van der Waals surface area (Å²) in [6.07, 6.45) is 1.04. The molecule has 1 aliphatic rings. The summed E-state index contributed by atoms with van der Waals surface area (Å²) in [6, 6.07) is 6.33. The highest BCUT2D eigenvalue weighted by molar-refractivity contribution is 7.22. The van der Waals surface area contributed by atoms with Crippen LogP contribution in [-0.2, 0) is 4.79 Å². The van der Waals surface area contributed by atoms with E-state index < -0.39 is 0 Å². The lowest BCUT2D eigenvalue weighted by Gasteiger charge is -2.38. The third-order valence-corrected chi connectivity index (χ3v) is 5.16. The molecule has 1 aliphatic heterocycles. The average molecular weight is 317 g/mol. The van der Waals surface area contributed by atoms with Crippen molar-refractivity contribution in [3.63, 3.8) is 0 Å². The number of rotatable bonds is 5. The van der Waals surface area contributed by atoms with Gasteiger partial charge in [-0.3, -0.25) is 4.79 Å². The van der Waals surface area contributed by atoms with Gasteiger partial charge in [0, 0.05) is 19.6 Å². The molecule has 5 heteroatoms. The third kappa shape index (κ3) is 3.24. The van der Waals surface area contributed by atoms with Crippen molar-refractivity contribution in [2.45, 2.75) is 27.2 Å². The lowest BCUT2D eigenvalue weighted by Crippen LogP contribution is -2.53. The molecule has 0 saturated carbocycles. The van der Waals surface area contributed by atoms with Crippen LogP contribution in [0.5, 0.6) is 0 Å². The van der Waals surface area contributed by atoms with Crippen molar-refractivity contribution in [3.05, 3.63) is 23.8 Å². The molecular formula is C17H23N3OS. The van der Waals surface area contributed by atoms with Crippen molar-refractivity contribution in [1.82, 2.24) is 10.3 Å². The maximum Gasteiger partial charge on any atom is 0.226 e. The summed E-state index contributed by atoms with van der Waals surface area (Å²) in [5.74, 6) is 0.930. The standard InChI is InChI=1S/C17H23N3OS/c1-11(2)6-7-18-16(21)13-9-20(10-13)17-19-14-5-4-12(3)8-15(14)22-17/h4-5,8,11,13H,6-7,9-10H2,1-3H3,(H,18,21). The highest BCUT2D eigenvalue weighted by atomic mass is 32.1. The Balaban J connectivity index is 1.54. The summed E-state index contributed by atoms with van der Waals surface area (Å²) in [5, 5.41) is 4.07. The van der Waals surface area contributed by atoms with Crippen LogP contribution in [-0.4, -0.2) is 30.5 Å². The molecule has 2 heterocycles. The number of nitrogens with zero attached hydrogens (tertiary/aromatic N) is 2. The fraction of sp³-hybridized carbons (Fsp3) is 0.529. The van der Waals surface area contributed by atoms with Crippen molar-refractivity contribution < 1.29 is 4.79 Å². The molecule has 1 aromatic carbocycles. The number of hydrogen-bond donors (Lipinski definition) is 1. The summed E-state index contributed by atoms with van der Waals surface area (Å²) in [4.78, 5) is 18.9. The Morgan fingerprint density at radius 2 is 2.23 bits per heavy atom. The summed E-state index contributed by atoms with van der Waals surface area (Å²) < 4.78 is 1.22. The molecule has 1 N–H and O–H groups in total. The fourth-order valence-corrected chi connectivity index (χ4v) is 3.67. The molecule has 1 fully saturated rings. The minimum absolute atomic E-state index is 0.112. The van der Waals surface area contributed by atoms with Crippen molar-refractivity contribution in [2.24, 2.45) is 11.8 Å². The van der Waals surface area contributed by atoms with Gasteiger partial charge in [-0.25, -0.2) is 4.98 Å². The van der Waals surface area contributed by atoms with Crippen LogP contribution >= 0.6 is 11.3 Å². The molecule has 4 nitrogen and oxygen atoms in total. The number of amides is 1. The Hall–Kier alpha value is -1.62. The molecule has 1 amide bonds. The van der Waals surface area contributed by atoms with Crippen LogP contribution in [0.1, 0.15) is 25.8 Å². The number of aromatic nitrogens is 1. The molecule has 22 heavy (non-hydrogen) atoms. The Morgan fingerprint density at radius 3 is 2.95 bits per heavy atom. The van der Waals surface area contributed by atoms with Gasteiger partial charge in [-0.15, -0.1) is 0 Å². The zero-order chi connectivity index (χ0) is 15.7. The first-order chi connectivity index (χ1) is 10.5. The quantitative estimate of drug-likeness (QED) is 0.921. The zero-order valence-electron chi connectivity index (χ0n) is 13.4. The van der Waals surface area contributed by atoms with Gasteiger partial charge < -0.3 is 10.2 Å². The smallest absolute Gasteiger partial charge is 0.226 e. The van der Waals surface area contributed by atoms with Gasteiger partial charge in [0.25, 0.3) is 0 Å². The highest BCUT2D eigenvalue weighted by Gasteiger charge is 2.34. The van der Waals surface area contributed by atoms with Crippen LogP contribution in [0.15, 0.2) is 18.2 Å². The number of hydrogen-bond acceptors (Lipinski definition) is 4. The van der Waals surface area contributed by atoms with Gasteiger partial charge in [-0.1, -0.05) is 31.3 Å². The van der Waals surface area contributed by atoms with Crippen LogP contribution in [0.3, 0.4) is 0 Å². The van der Waals surface area contributed by atoms with Gasteiger partial charge in [-0.05, 0) is 37.0 Å². The molecule has 0 radical (unpaired) electrons. The van der Waals surface area contributed by atoms with E-state index in [1.54, 1.807) is 11.3 Å². The number of fused-ring (bicyclic) bond motifs is 1. The molecule has 118 valence electrons. The summed E-state index contributed by atoms with van der Waals surface area (Å²) >= 11 is 1.71. The molecule has 0 aliphatic carbocycles. The monoisotopic (exact) mass is 317 g/mol. The number of anilines is 1. The first-order valence-electron chi connectivity index (χ1n) is 7.93. The minimum atomic E-state index is 0.112. The van der Waals surface area contributed by atoms with E-state index in [2.05, 4.69) is 54.2 Å². The number of nitrogens with one attached hydrogen (secondary N) is 1. The van der Waals surface area contributed by atoms with Crippen LogP contribution in [0.2, 0.25) is 0 Å². The lowest BCUT2D eigenvalue weighted by molar-refractivity contribution is -0.125. The highest BCUT2D eigenvalue weighted by Crippen LogP contribution is 2.33. The molecule has 0 spiro atoms. The van der Waals surface area contributed by atoms with E-state index in [0.717, 1.165) is 36.7 Å². The second kappa shape index (κ2) is 6.24. The second-order valence-corrected chi connectivity index (χ2v) is 7.55. The zero-order valence-corrected chi connectivity index (χ0v) is 14.2. The van der Waals surface area contributed by atoms with Gasteiger partial charge in [0.15, 0.2) is 5.13 Å². The Morgan fingerprint density at radius 1 is 1.45 bits per heavy atom. The number of benzene rings is 1. The number of thiazole rings is 1. The van der Waals surface area contributed by atoms with Crippen LogP contribution < -0.4 is 10.2 Å². The van der Waals surface area contributed by atoms with E-state index in [0.29, 0.717) is 5.92 Å². The Kier molecular flexibility index (Phi) is 4.34. The van der Waals surface area contributed by atoms with E-state index in [1.165, 1.54) is 10.3 Å². The maximum atomic E-state index is 12.0. The maximum absolute atomic E-state index is 12.0. The first kappa shape index (κ1) is 15.3. The Labute approximate surface area is 135 Å². The number of aryl methyl sites for hydroxylation is 1. The first-order valence-corrected chi connectivity index (χ1v) is 8.74. The topological polar surface area (TPSA) is 45.2 Å². The molecule has 2 aromatic rings. The largest absolute Gasteiger partial charge is 0.356 e. The van der Waals surface area contributed by atoms with E-state index in [4.69, 9.17) is 0 Å². The summed E-state index contributed by atoms with van der Waals surface area (Å²) in [6.45, 7) is 8.80. The van der Waals surface area contributed by atoms with Crippen molar-refractivity contribution in [2.75, 3.05) is 24.5 Å². The molecule has 1 saturated heterocycles. The van der Waals surface area contributed by atoms with Crippen LogP contribution in [0, 0.1) is 18.8 Å². The minimum Gasteiger partial charge on any atom is -0.356 e. The molecule has 3 rings (SSSR count). The SMILES string of the molecule is Cc1ccc2nc(N3CC(C(=O)NCCC(C)C)C3)sc2c1. The molecule has 0 unspecified atom stereocenters. The predicted octanol–water partition coefficient (Wildman–Crippen LogP) is 3.20. The molecule has 0 atom stereocenters. The normalized spacial score (nSPS) is 15.4. The van der Waals surface area contributed by atoms with Crippen molar-refractivity contribution in [3.8, 4) is 0 Å². The predicted molar refractivity (Wildman–Crippen MR) is 92.5 cm³/mol. The van der Waals surface area contributed by atoms with E-state index >= 15 is 0 Å². The molecule has 1 aromatic heterocycles. The summed E-state index contributed by atoms with van der Waals surface area (Å²) in [7, 11) is 0. The van der Waals surface area contributed by atoms with Gasteiger partial charge in [0.2, 0.25) is 5.91 Å². The van der Waals surface area contributed by atoms with E-state index in [1.807, 2.05) is 0 Å². The van der Waals surface area contributed by atoms with Gasteiger partial charge in [-0.2, -0.15) is 0 Å². The third-order valence-electron chi connectivity index (χ3n) is 4.08. The number of carbonyl (C=O) groups excluding carboxylic acids is 1. The van der Waals surface area contributed by atoms with Crippen LogP contribution in [0.4, 0.5) is 5.13 Å².